The molecule has 0 saturated heterocycles. The van der Waals surface area contributed by atoms with E-state index in [0.29, 0.717) is 55.3 Å². The number of hydrogen-bond donors (Lipinski definition) is 1. The predicted molar refractivity (Wildman–Crippen MR) is 107 cm³/mol. The highest BCUT2D eigenvalue weighted by atomic mass is 32.3. The Labute approximate surface area is 164 Å². The molecule has 5 nitrogen and oxygen atoms in total. The van der Waals surface area contributed by atoms with Crippen LogP contribution >= 0.6 is 0 Å². The smallest absolute Gasteiger partial charge is 0.211 e. The summed E-state index contributed by atoms with van der Waals surface area (Å²) in [5.41, 5.74) is 1.19. The van der Waals surface area contributed by atoms with Gasteiger partial charge in [0.05, 0.1) is 10.5 Å². The van der Waals surface area contributed by atoms with Gasteiger partial charge in [-0.25, -0.2) is 16.8 Å². The van der Waals surface area contributed by atoms with Gasteiger partial charge in [-0.15, -0.1) is 4.13 Å². The third-order valence-electron chi connectivity index (χ3n) is 7.53. The molecule has 2 unspecified atom stereocenters. The molecule has 0 spiro atoms. The first kappa shape index (κ1) is 19.9. The summed E-state index contributed by atoms with van der Waals surface area (Å²) in [6.07, 6.45) is 8.70. The highest BCUT2D eigenvalue weighted by Gasteiger charge is 2.58. The Bertz CT molecular complexity index is 780. The summed E-state index contributed by atoms with van der Waals surface area (Å²) in [5, 5.41) is 0. The van der Waals surface area contributed by atoms with Gasteiger partial charge >= 0.3 is 0 Å². The monoisotopic (exact) mass is 415 g/mol. The first-order valence-electron chi connectivity index (χ1n) is 10.5. The molecule has 7 heteroatoms. The van der Waals surface area contributed by atoms with Crippen LogP contribution in [0, 0.1) is 29.6 Å². The van der Waals surface area contributed by atoms with Gasteiger partial charge in [0.25, 0.3) is 0 Å². The van der Waals surface area contributed by atoms with Crippen LogP contribution < -0.4 is 4.13 Å². The van der Waals surface area contributed by atoms with E-state index in [1.54, 1.807) is 0 Å². The highest BCUT2D eigenvalue weighted by molar-refractivity contribution is 8.05. The molecule has 0 radical (unpaired) electrons. The van der Waals surface area contributed by atoms with Crippen LogP contribution in [-0.4, -0.2) is 27.3 Å². The van der Waals surface area contributed by atoms with Crippen LogP contribution in [0.3, 0.4) is 0 Å². The highest BCUT2D eigenvalue weighted by Crippen LogP contribution is 2.58. The Hall–Kier alpha value is -0.400. The lowest BCUT2D eigenvalue weighted by Gasteiger charge is -2.55. The molecule has 5 aliphatic rings. The molecule has 0 aliphatic heterocycles. The van der Waals surface area contributed by atoms with Gasteiger partial charge in [0.1, 0.15) is 0 Å². The molecular weight excluding hydrogens is 382 g/mol. The van der Waals surface area contributed by atoms with Crippen LogP contribution in [0.5, 0.6) is 0 Å². The fourth-order valence-corrected chi connectivity index (χ4v) is 11.3. The molecule has 4 bridgehead atoms. The molecule has 5 fully saturated rings. The van der Waals surface area contributed by atoms with Gasteiger partial charge in [0.2, 0.25) is 20.0 Å². The lowest BCUT2D eigenvalue weighted by atomic mass is 9.56. The van der Waals surface area contributed by atoms with Crippen LogP contribution in [0.2, 0.25) is 0 Å². The van der Waals surface area contributed by atoms with Crippen molar-refractivity contribution < 1.29 is 16.8 Å². The van der Waals surface area contributed by atoms with Crippen molar-refractivity contribution in [3.63, 3.8) is 0 Å². The molecule has 2 atom stereocenters. The lowest BCUT2D eigenvalue weighted by molar-refractivity contribution is 0.0336. The van der Waals surface area contributed by atoms with Crippen LogP contribution in [0.15, 0.2) is 12.2 Å². The first-order valence-corrected chi connectivity index (χ1v) is 13.6. The summed E-state index contributed by atoms with van der Waals surface area (Å²) in [6.45, 7) is 6.23. The van der Waals surface area contributed by atoms with Crippen LogP contribution in [0.4, 0.5) is 0 Å². The molecular formula is C20H33NO4S2. The standard InChI is InChI=1S/C20H33NO4S2/c1-14-5-15(2)7-16(6-14)3-4-26(22,23)21-27(24,25)20-11-17-8-18(12-20)10-19(9-17)13-20/h15-19,21H,1,3-13H2,2H3. The summed E-state index contributed by atoms with van der Waals surface area (Å²) < 4.78 is 52.9. The summed E-state index contributed by atoms with van der Waals surface area (Å²) in [5.74, 6) is 2.10. The fourth-order valence-electron chi connectivity index (χ4n) is 6.92. The van der Waals surface area contributed by atoms with Crippen molar-refractivity contribution in [2.75, 3.05) is 5.75 Å². The van der Waals surface area contributed by atoms with Crippen molar-refractivity contribution >= 4 is 20.0 Å². The Morgan fingerprint density at radius 3 is 2.04 bits per heavy atom. The zero-order valence-corrected chi connectivity index (χ0v) is 18.0. The second-order valence-corrected chi connectivity index (χ2v) is 14.3. The molecule has 0 amide bonds. The third kappa shape index (κ3) is 4.01. The van der Waals surface area contributed by atoms with Gasteiger partial charge in [-0.2, -0.15) is 0 Å². The SMILES string of the molecule is C=C1CC(C)CC(CCS(=O)(=O)NS(=O)(=O)C23CC4CC(CC(C4)C2)C3)C1. The number of hydrogen-bond acceptors (Lipinski definition) is 4. The molecule has 0 aromatic rings. The first-order chi connectivity index (χ1) is 12.6. The van der Waals surface area contributed by atoms with Gasteiger partial charge in [-0.3, -0.25) is 0 Å². The second kappa shape index (κ2) is 6.84. The maximum Gasteiger partial charge on any atom is 0.230 e. The Kier molecular flexibility index (Phi) is 5.04. The number of nitrogens with one attached hydrogen (secondary N) is 1. The van der Waals surface area contributed by atoms with Crippen molar-refractivity contribution in [1.29, 1.82) is 0 Å². The average Bonchev–Trinajstić information content (AvgIpc) is 2.50. The molecule has 154 valence electrons. The van der Waals surface area contributed by atoms with E-state index in [1.165, 1.54) is 5.57 Å². The Balaban J connectivity index is 1.42. The Morgan fingerprint density at radius 2 is 1.52 bits per heavy atom. The maximum absolute atomic E-state index is 13.2. The molecule has 5 aliphatic carbocycles. The van der Waals surface area contributed by atoms with Gasteiger partial charge in [0, 0.05) is 0 Å². The van der Waals surface area contributed by atoms with E-state index in [9.17, 15) is 16.8 Å². The molecule has 1 N–H and O–H groups in total. The fraction of sp³-hybridized carbons (Fsp3) is 0.900. The van der Waals surface area contributed by atoms with Crippen LogP contribution in [0.25, 0.3) is 0 Å². The van der Waals surface area contributed by atoms with Gasteiger partial charge in [-0.05, 0) is 93.8 Å². The summed E-state index contributed by atoms with van der Waals surface area (Å²) in [6, 6.07) is 0. The molecule has 0 aromatic heterocycles. The van der Waals surface area contributed by atoms with E-state index in [2.05, 4.69) is 17.6 Å². The summed E-state index contributed by atoms with van der Waals surface area (Å²) >= 11 is 0. The van der Waals surface area contributed by atoms with Gasteiger partial charge in [-0.1, -0.05) is 19.1 Å². The van der Waals surface area contributed by atoms with Crippen molar-refractivity contribution in [2.45, 2.75) is 75.9 Å². The minimum atomic E-state index is -3.87. The minimum absolute atomic E-state index is 0.108. The number of sulfonamides is 2. The molecule has 5 rings (SSSR count). The van der Waals surface area contributed by atoms with E-state index < -0.39 is 24.8 Å². The second-order valence-electron chi connectivity index (χ2n) is 10.2. The average molecular weight is 416 g/mol. The van der Waals surface area contributed by atoms with Crippen molar-refractivity contribution in [3.8, 4) is 0 Å². The van der Waals surface area contributed by atoms with E-state index in [1.807, 2.05) is 0 Å². The van der Waals surface area contributed by atoms with E-state index >= 15 is 0 Å². The minimum Gasteiger partial charge on any atom is -0.211 e. The number of rotatable bonds is 6. The van der Waals surface area contributed by atoms with Crippen molar-refractivity contribution in [3.05, 3.63) is 12.2 Å². The lowest BCUT2D eigenvalue weighted by Crippen LogP contribution is -2.58. The molecule has 5 saturated carbocycles. The quantitative estimate of drug-likeness (QED) is 0.672. The number of allylic oxidation sites excluding steroid dienone is 1. The van der Waals surface area contributed by atoms with E-state index in [0.717, 1.165) is 38.5 Å². The van der Waals surface area contributed by atoms with E-state index in [-0.39, 0.29) is 5.75 Å². The molecule has 0 aromatic carbocycles. The van der Waals surface area contributed by atoms with Crippen LogP contribution in [-0.2, 0) is 20.0 Å². The van der Waals surface area contributed by atoms with Crippen LogP contribution in [0.1, 0.15) is 71.1 Å². The third-order valence-corrected chi connectivity index (χ3v) is 11.8. The maximum atomic E-state index is 13.2. The van der Waals surface area contributed by atoms with Crippen molar-refractivity contribution in [2.24, 2.45) is 29.6 Å². The largest absolute Gasteiger partial charge is 0.230 e. The summed E-state index contributed by atoms with van der Waals surface area (Å²) in [7, 11) is -7.70. The zero-order valence-electron chi connectivity index (χ0n) is 16.3. The Morgan fingerprint density at radius 1 is 0.963 bits per heavy atom. The topological polar surface area (TPSA) is 80.3 Å². The predicted octanol–water partition coefficient (Wildman–Crippen LogP) is 3.59. The van der Waals surface area contributed by atoms with Gasteiger partial charge in [0.15, 0.2) is 0 Å². The van der Waals surface area contributed by atoms with Gasteiger partial charge < -0.3 is 0 Å². The molecule has 0 heterocycles. The van der Waals surface area contributed by atoms with E-state index in [4.69, 9.17) is 0 Å². The summed E-state index contributed by atoms with van der Waals surface area (Å²) in [4.78, 5) is 0. The molecule has 27 heavy (non-hydrogen) atoms. The van der Waals surface area contributed by atoms with Crippen molar-refractivity contribution in [1.82, 2.24) is 4.13 Å². The zero-order chi connectivity index (χ0) is 19.4. The normalized spacial score (nSPS) is 41.8.